The summed E-state index contributed by atoms with van der Waals surface area (Å²) in [7, 11) is 0. The molecule has 4 aliphatic rings. The van der Waals surface area contributed by atoms with E-state index < -0.39 is 0 Å². The van der Waals surface area contributed by atoms with Crippen molar-refractivity contribution >= 4 is 5.78 Å². The van der Waals surface area contributed by atoms with Crippen LogP contribution >= 0.6 is 0 Å². The van der Waals surface area contributed by atoms with Gasteiger partial charge in [-0.05, 0) is 97.2 Å². The molecule has 0 spiro atoms. The Kier molecular flexibility index (Phi) is 6.43. The average Bonchev–Trinajstić information content (AvgIpc) is 3.06. The van der Waals surface area contributed by atoms with Gasteiger partial charge in [-0.2, -0.15) is 0 Å². The molecule has 0 aliphatic heterocycles. The highest BCUT2D eigenvalue weighted by Gasteiger charge is 2.63. The number of aliphatic hydroxyl groups excluding tert-OH is 1. The quantitative estimate of drug-likeness (QED) is 0.343. The zero-order chi connectivity index (χ0) is 23.5. The van der Waals surface area contributed by atoms with Crippen LogP contribution in [0.1, 0.15) is 113 Å². The molecule has 0 heterocycles. The molecule has 0 aromatic heterocycles. The van der Waals surface area contributed by atoms with Crippen LogP contribution in [0.25, 0.3) is 0 Å². The summed E-state index contributed by atoms with van der Waals surface area (Å²) in [5, 5.41) is 10.1. The zero-order valence-electron chi connectivity index (χ0n) is 22.0. The van der Waals surface area contributed by atoms with E-state index in [9.17, 15) is 9.90 Å². The smallest absolute Gasteiger partial charge is 0.167 e. The maximum Gasteiger partial charge on any atom is 0.167 e. The van der Waals surface area contributed by atoms with Crippen LogP contribution in [0.2, 0.25) is 0 Å². The Labute approximate surface area is 198 Å². The number of carbonyl (C=O) groups excluding carboxylic acids is 1. The van der Waals surface area contributed by atoms with Crippen molar-refractivity contribution in [1.82, 2.24) is 0 Å². The lowest BCUT2D eigenvalue weighted by molar-refractivity contribution is -0.146. The summed E-state index contributed by atoms with van der Waals surface area (Å²) in [6.45, 7) is 16.6. The molecular weight excluding hydrogens is 392 g/mol. The number of hydrogen-bond donors (Lipinski definition) is 1. The maximum absolute atomic E-state index is 13.1. The van der Waals surface area contributed by atoms with E-state index in [1.807, 2.05) is 0 Å². The number of rotatable bonds is 5. The van der Waals surface area contributed by atoms with E-state index in [1.54, 1.807) is 0 Å². The summed E-state index contributed by atoms with van der Waals surface area (Å²) in [5.41, 5.74) is 1.04. The molecule has 1 N–H and O–H groups in total. The fourth-order valence-electron chi connectivity index (χ4n) is 9.98. The fourth-order valence-corrected chi connectivity index (χ4v) is 9.98. The predicted octanol–water partition coefficient (Wildman–Crippen LogP) is 8.36. The lowest BCUT2D eigenvalue weighted by Gasteiger charge is -2.62. The van der Waals surface area contributed by atoms with Crippen LogP contribution in [0, 0.1) is 57.7 Å². The van der Waals surface area contributed by atoms with Crippen molar-refractivity contribution in [2.45, 2.75) is 113 Å². The predicted molar refractivity (Wildman–Crippen MR) is 133 cm³/mol. The average molecular weight is 443 g/mol. The fraction of sp³-hybridized carbons (Fsp3) is 0.900. The first-order valence-corrected chi connectivity index (χ1v) is 13.8. The monoisotopic (exact) mass is 442 g/mol. The Morgan fingerprint density at radius 2 is 1.62 bits per heavy atom. The number of Topliss-reactive ketones (excluding diaryl/α,β-unsaturated/α-hetero) is 1. The summed E-state index contributed by atoms with van der Waals surface area (Å²) in [4.78, 5) is 13.1. The van der Waals surface area contributed by atoms with Gasteiger partial charge in [0.15, 0.2) is 5.78 Å². The highest BCUT2D eigenvalue weighted by Crippen LogP contribution is 2.69. The summed E-state index contributed by atoms with van der Waals surface area (Å²) in [5.74, 6) is 5.39. The number of carbonyl (C=O) groups is 1. The zero-order valence-corrected chi connectivity index (χ0v) is 22.0. The van der Waals surface area contributed by atoms with Gasteiger partial charge < -0.3 is 5.11 Å². The second-order valence-corrected chi connectivity index (χ2v) is 14.0. The maximum atomic E-state index is 13.1. The minimum atomic E-state index is -0.356. The van der Waals surface area contributed by atoms with Crippen molar-refractivity contribution in [2.75, 3.05) is 0 Å². The second kappa shape index (κ2) is 8.46. The molecule has 0 aromatic rings. The third-order valence-corrected chi connectivity index (χ3v) is 11.3. The van der Waals surface area contributed by atoms with Crippen LogP contribution in [0.15, 0.2) is 11.8 Å². The lowest BCUT2D eigenvalue weighted by atomic mass is 9.41. The number of allylic oxidation sites excluding steroid dienone is 1. The molecule has 4 fully saturated rings. The summed E-state index contributed by atoms with van der Waals surface area (Å²) >= 11 is 0. The van der Waals surface area contributed by atoms with Gasteiger partial charge >= 0.3 is 0 Å². The van der Waals surface area contributed by atoms with Crippen molar-refractivity contribution in [2.24, 2.45) is 57.7 Å². The van der Waals surface area contributed by atoms with Gasteiger partial charge in [0.25, 0.3) is 0 Å². The van der Waals surface area contributed by atoms with E-state index in [4.69, 9.17) is 0 Å². The van der Waals surface area contributed by atoms with Gasteiger partial charge in [0.2, 0.25) is 0 Å². The third kappa shape index (κ3) is 3.70. The molecule has 0 bridgehead atoms. The molecule has 2 nitrogen and oxygen atoms in total. The van der Waals surface area contributed by atoms with Crippen LogP contribution in [0.5, 0.6) is 0 Å². The van der Waals surface area contributed by atoms with Crippen molar-refractivity contribution in [3.05, 3.63) is 11.8 Å². The molecule has 0 aromatic carbocycles. The molecule has 182 valence electrons. The first kappa shape index (κ1) is 24.3. The van der Waals surface area contributed by atoms with Crippen molar-refractivity contribution in [3.8, 4) is 0 Å². The van der Waals surface area contributed by atoms with Crippen LogP contribution in [0.4, 0.5) is 0 Å². The van der Waals surface area contributed by atoms with Crippen molar-refractivity contribution in [1.29, 1.82) is 0 Å². The van der Waals surface area contributed by atoms with Crippen molar-refractivity contribution < 1.29 is 9.90 Å². The van der Waals surface area contributed by atoms with E-state index in [0.29, 0.717) is 11.3 Å². The molecule has 4 saturated carbocycles. The number of ketones is 1. The standard InChI is InChI=1S/C30H50O2/c1-19(2)9-8-10-20(3)23-13-14-24-21-11-12-25-22(17-31)27(32)28(4,5)18-30(25,7)26(21)15-16-29(23,24)6/h17,19-21,23-26,31H,8-16,18H2,1-7H3/b22-17-/t20-,21+,23-,24+,25?,26+,29-,30+/m1/s1. The summed E-state index contributed by atoms with van der Waals surface area (Å²) in [6.07, 6.45) is 14.2. The van der Waals surface area contributed by atoms with Crippen LogP contribution in [0.3, 0.4) is 0 Å². The van der Waals surface area contributed by atoms with Gasteiger partial charge in [-0.3, -0.25) is 4.79 Å². The Morgan fingerprint density at radius 3 is 2.28 bits per heavy atom. The van der Waals surface area contributed by atoms with Gasteiger partial charge in [0.05, 0.1) is 6.26 Å². The molecular formula is C30H50O2. The SMILES string of the molecule is CC(C)CCC[C@@H](C)[C@H]1CC[C@H]2[C@@H]3CCC4/C(=C/O)C(=O)C(C)(C)C[C@]4(C)[C@H]3CC[C@]12C. The Morgan fingerprint density at radius 1 is 0.938 bits per heavy atom. The van der Waals surface area contributed by atoms with E-state index in [0.717, 1.165) is 48.0 Å². The minimum absolute atomic E-state index is 0.150. The van der Waals surface area contributed by atoms with Gasteiger partial charge in [-0.1, -0.05) is 67.7 Å². The number of hydrogen-bond acceptors (Lipinski definition) is 2. The highest BCUT2D eigenvalue weighted by molar-refractivity contribution is 6.00. The van der Waals surface area contributed by atoms with Crippen LogP contribution in [-0.4, -0.2) is 10.9 Å². The summed E-state index contributed by atoms with van der Waals surface area (Å²) in [6, 6.07) is 0. The van der Waals surface area contributed by atoms with Crippen LogP contribution < -0.4 is 0 Å². The van der Waals surface area contributed by atoms with Crippen molar-refractivity contribution in [3.63, 3.8) is 0 Å². The van der Waals surface area contributed by atoms with Gasteiger partial charge in [0.1, 0.15) is 0 Å². The van der Waals surface area contributed by atoms with Crippen LogP contribution in [-0.2, 0) is 4.79 Å². The molecule has 4 rings (SSSR count). The summed E-state index contributed by atoms with van der Waals surface area (Å²) < 4.78 is 0. The Balaban J connectivity index is 1.55. The number of fused-ring (bicyclic) bond motifs is 5. The molecule has 0 amide bonds. The lowest BCUT2D eigenvalue weighted by Crippen LogP contribution is -2.57. The van der Waals surface area contributed by atoms with Gasteiger partial charge in [0, 0.05) is 11.0 Å². The first-order valence-electron chi connectivity index (χ1n) is 13.8. The van der Waals surface area contributed by atoms with E-state index in [-0.39, 0.29) is 22.5 Å². The topological polar surface area (TPSA) is 37.3 Å². The molecule has 0 radical (unpaired) electrons. The molecule has 32 heavy (non-hydrogen) atoms. The Hall–Kier alpha value is -0.790. The second-order valence-electron chi connectivity index (χ2n) is 14.0. The van der Waals surface area contributed by atoms with Gasteiger partial charge in [-0.25, -0.2) is 0 Å². The first-order chi connectivity index (χ1) is 15.0. The largest absolute Gasteiger partial charge is 0.515 e. The Bertz CT molecular complexity index is 748. The molecule has 4 aliphatic carbocycles. The molecule has 2 heteroatoms. The number of aliphatic hydroxyl groups is 1. The third-order valence-electron chi connectivity index (χ3n) is 11.3. The molecule has 8 atom stereocenters. The van der Waals surface area contributed by atoms with E-state index in [2.05, 4.69) is 48.5 Å². The van der Waals surface area contributed by atoms with Gasteiger partial charge in [-0.15, -0.1) is 0 Å². The highest BCUT2D eigenvalue weighted by atomic mass is 16.2. The molecule has 1 unspecified atom stereocenters. The van der Waals surface area contributed by atoms with E-state index >= 15 is 0 Å². The minimum Gasteiger partial charge on any atom is -0.515 e. The molecule has 0 saturated heterocycles. The normalized spacial score (nSPS) is 45.4. The van der Waals surface area contributed by atoms with E-state index in [1.165, 1.54) is 57.6 Å².